The van der Waals surface area contributed by atoms with Gasteiger partial charge in [-0.2, -0.15) is 0 Å². The van der Waals surface area contributed by atoms with E-state index in [4.69, 9.17) is 23.2 Å². The lowest BCUT2D eigenvalue weighted by Crippen LogP contribution is -2.18. The van der Waals surface area contributed by atoms with Gasteiger partial charge in [0, 0.05) is 10.9 Å². The predicted molar refractivity (Wildman–Crippen MR) is 90.2 cm³/mol. The molecule has 2 rings (SSSR count). The van der Waals surface area contributed by atoms with Crippen LogP contribution < -0.4 is 5.32 Å². The topological polar surface area (TPSA) is 12.0 Å². The summed E-state index contributed by atoms with van der Waals surface area (Å²) in [6.45, 7) is 0. The Morgan fingerprint density at radius 3 is 2.30 bits per heavy atom. The molecule has 1 nitrogen and oxygen atoms in total. The molecule has 0 aliphatic carbocycles. The number of rotatable bonds is 5. The Balaban J connectivity index is 2.16. The molecule has 106 valence electrons. The van der Waals surface area contributed by atoms with Gasteiger partial charge in [0.2, 0.25) is 0 Å². The molecule has 0 radical (unpaired) electrons. The van der Waals surface area contributed by atoms with E-state index in [-0.39, 0.29) is 6.04 Å². The maximum absolute atomic E-state index is 6.07. The summed E-state index contributed by atoms with van der Waals surface area (Å²) < 4.78 is 0. The van der Waals surface area contributed by atoms with Crippen LogP contribution in [0.2, 0.25) is 10.0 Å². The summed E-state index contributed by atoms with van der Waals surface area (Å²) in [5.41, 5.74) is 2.45. The first-order valence-corrected chi connectivity index (χ1v) is 8.37. The van der Waals surface area contributed by atoms with Gasteiger partial charge >= 0.3 is 0 Å². The van der Waals surface area contributed by atoms with Crippen LogP contribution in [0.25, 0.3) is 0 Å². The average molecular weight is 326 g/mol. The third kappa shape index (κ3) is 3.92. The lowest BCUT2D eigenvalue weighted by molar-refractivity contribution is 0.592. The van der Waals surface area contributed by atoms with E-state index in [0.29, 0.717) is 10.0 Å². The summed E-state index contributed by atoms with van der Waals surface area (Å²) in [7, 11) is 1.98. The number of halogens is 2. The van der Waals surface area contributed by atoms with Gasteiger partial charge in [0.1, 0.15) is 0 Å². The molecule has 0 fully saturated rings. The van der Waals surface area contributed by atoms with Crippen LogP contribution in [0.1, 0.15) is 17.2 Å². The molecule has 0 saturated heterocycles. The number of likely N-dealkylation sites (N-methyl/N-ethyl adjacent to an activating group) is 1. The quantitative estimate of drug-likeness (QED) is 0.756. The maximum Gasteiger partial charge on any atom is 0.0595 e. The molecule has 0 aliphatic heterocycles. The summed E-state index contributed by atoms with van der Waals surface area (Å²) in [4.78, 5) is 1.28. The van der Waals surface area contributed by atoms with Gasteiger partial charge in [0.25, 0.3) is 0 Å². The second kappa shape index (κ2) is 7.37. The normalized spacial score (nSPS) is 12.4. The zero-order chi connectivity index (χ0) is 14.5. The van der Waals surface area contributed by atoms with Gasteiger partial charge in [0.05, 0.1) is 10.0 Å². The Hall–Kier alpha value is -0.670. The van der Waals surface area contributed by atoms with Gasteiger partial charge in [-0.25, -0.2) is 0 Å². The molecule has 0 aliphatic rings. The summed E-state index contributed by atoms with van der Waals surface area (Å²) in [6, 6.07) is 14.7. The van der Waals surface area contributed by atoms with E-state index >= 15 is 0 Å². The molecule has 0 saturated carbocycles. The molecule has 1 atom stereocenters. The first-order chi connectivity index (χ1) is 9.63. The van der Waals surface area contributed by atoms with Crippen LogP contribution in [-0.2, 0) is 6.42 Å². The summed E-state index contributed by atoms with van der Waals surface area (Å²) in [5.74, 6) is 0. The Morgan fingerprint density at radius 1 is 1.05 bits per heavy atom. The molecule has 2 aromatic rings. The minimum atomic E-state index is 0.267. The first kappa shape index (κ1) is 15.7. The molecule has 1 unspecified atom stereocenters. The molecule has 0 bridgehead atoms. The number of nitrogens with one attached hydrogen (secondary N) is 1. The molecule has 0 aromatic heterocycles. The van der Waals surface area contributed by atoms with Gasteiger partial charge in [-0.15, -0.1) is 11.8 Å². The highest BCUT2D eigenvalue weighted by molar-refractivity contribution is 7.98. The predicted octanol–water partition coefficient (Wildman–Crippen LogP) is 5.22. The highest BCUT2D eigenvalue weighted by Crippen LogP contribution is 2.26. The number of hydrogen-bond acceptors (Lipinski definition) is 2. The fourth-order valence-corrected chi connectivity index (χ4v) is 2.85. The van der Waals surface area contributed by atoms with Crippen molar-refractivity contribution in [2.75, 3.05) is 13.3 Å². The molecule has 0 amide bonds. The van der Waals surface area contributed by atoms with Crippen molar-refractivity contribution in [2.45, 2.75) is 17.4 Å². The molecule has 0 spiro atoms. The lowest BCUT2D eigenvalue weighted by Gasteiger charge is -2.17. The standard InChI is InChI=1S/C16H17Cl2NS/c1-19-16(12-4-6-13(20-2)7-5-12)10-11-3-8-14(17)15(18)9-11/h3-9,16,19H,10H2,1-2H3. The van der Waals surface area contributed by atoms with E-state index in [1.807, 2.05) is 25.2 Å². The Kier molecular flexibility index (Phi) is 5.79. The van der Waals surface area contributed by atoms with E-state index in [2.05, 4.69) is 35.8 Å². The second-order valence-electron chi connectivity index (χ2n) is 4.57. The fourth-order valence-electron chi connectivity index (χ4n) is 2.13. The van der Waals surface area contributed by atoms with Crippen LogP contribution in [0.15, 0.2) is 47.4 Å². The fraction of sp³-hybridized carbons (Fsp3) is 0.250. The van der Waals surface area contributed by atoms with E-state index in [0.717, 1.165) is 6.42 Å². The number of hydrogen-bond donors (Lipinski definition) is 1. The van der Waals surface area contributed by atoms with Crippen LogP contribution in [0.3, 0.4) is 0 Å². The Labute approximate surface area is 134 Å². The van der Waals surface area contributed by atoms with Gasteiger partial charge < -0.3 is 5.32 Å². The van der Waals surface area contributed by atoms with E-state index in [1.165, 1.54) is 16.0 Å². The van der Waals surface area contributed by atoms with Crippen molar-refractivity contribution >= 4 is 35.0 Å². The van der Waals surface area contributed by atoms with Crippen molar-refractivity contribution in [3.63, 3.8) is 0 Å². The minimum absolute atomic E-state index is 0.267. The minimum Gasteiger partial charge on any atom is -0.313 e. The zero-order valence-electron chi connectivity index (χ0n) is 11.5. The molecule has 2 aromatic carbocycles. The van der Waals surface area contributed by atoms with Crippen molar-refractivity contribution in [1.29, 1.82) is 0 Å². The average Bonchev–Trinajstić information content (AvgIpc) is 2.48. The van der Waals surface area contributed by atoms with Crippen molar-refractivity contribution in [3.05, 3.63) is 63.6 Å². The molecule has 1 N–H and O–H groups in total. The smallest absolute Gasteiger partial charge is 0.0595 e. The highest BCUT2D eigenvalue weighted by atomic mass is 35.5. The van der Waals surface area contributed by atoms with Crippen LogP contribution in [-0.4, -0.2) is 13.3 Å². The lowest BCUT2D eigenvalue weighted by atomic mass is 9.99. The third-order valence-electron chi connectivity index (χ3n) is 3.29. The van der Waals surface area contributed by atoms with Gasteiger partial charge in [-0.3, -0.25) is 0 Å². The number of benzene rings is 2. The SMILES string of the molecule is CNC(Cc1ccc(Cl)c(Cl)c1)c1ccc(SC)cc1. The zero-order valence-corrected chi connectivity index (χ0v) is 13.8. The monoisotopic (exact) mass is 325 g/mol. The van der Waals surface area contributed by atoms with Crippen molar-refractivity contribution in [2.24, 2.45) is 0 Å². The Morgan fingerprint density at radius 2 is 1.75 bits per heavy atom. The van der Waals surface area contributed by atoms with Crippen molar-refractivity contribution < 1.29 is 0 Å². The molecule has 0 heterocycles. The van der Waals surface area contributed by atoms with Gasteiger partial charge in [0.15, 0.2) is 0 Å². The Bertz CT molecular complexity index is 569. The van der Waals surface area contributed by atoms with E-state index < -0.39 is 0 Å². The summed E-state index contributed by atoms with van der Waals surface area (Å²) in [6.07, 6.45) is 2.96. The molecule has 20 heavy (non-hydrogen) atoms. The molecular formula is C16H17Cl2NS. The van der Waals surface area contributed by atoms with Crippen LogP contribution in [0.4, 0.5) is 0 Å². The molecular weight excluding hydrogens is 309 g/mol. The number of thioether (sulfide) groups is 1. The van der Waals surface area contributed by atoms with Crippen LogP contribution in [0, 0.1) is 0 Å². The van der Waals surface area contributed by atoms with Crippen LogP contribution >= 0.6 is 35.0 Å². The highest BCUT2D eigenvalue weighted by Gasteiger charge is 2.11. The van der Waals surface area contributed by atoms with Gasteiger partial charge in [-0.1, -0.05) is 41.4 Å². The largest absolute Gasteiger partial charge is 0.313 e. The van der Waals surface area contributed by atoms with E-state index in [9.17, 15) is 0 Å². The van der Waals surface area contributed by atoms with Gasteiger partial charge in [-0.05, 0) is 55.1 Å². The van der Waals surface area contributed by atoms with Crippen molar-refractivity contribution in [3.8, 4) is 0 Å². The molecule has 4 heteroatoms. The second-order valence-corrected chi connectivity index (χ2v) is 6.26. The summed E-state index contributed by atoms with van der Waals surface area (Å²) in [5, 5.41) is 4.56. The van der Waals surface area contributed by atoms with E-state index in [1.54, 1.807) is 11.8 Å². The first-order valence-electron chi connectivity index (χ1n) is 6.39. The maximum atomic E-state index is 6.07. The third-order valence-corrected chi connectivity index (χ3v) is 4.77. The summed E-state index contributed by atoms with van der Waals surface area (Å²) >= 11 is 13.8. The van der Waals surface area contributed by atoms with Crippen LogP contribution in [0.5, 0.6) is 0 Å². The van der Waals surface area contributed by atoms with Crippen molar-refractivity contribution in [1.82, 2.24) is 5.32 Å².